The van der Waals surface area contributed by atoms with Crippen LogP contribution in [0.5, 0.6) is 0 Å². The SMILES string of the molecule is Cc1ccc(Cl)cc1-c1ccc(/C=C(/Sc2nc3ccccc3o2)C(=O)O)o1. The number of fused-ring (bicyclic) bond motifs is 1. The average molecular weight is 412 g/mol. The molecule has 0 spiro atoms. The van der Waals surface area contributed by atoms with Gasteiger partial charge in [0.15, 0.2) is 5.58 Å². The normalized spacial score (nSPS) is 11.9. The molecular weight excluding hydrogens is 398 g/mol. The van der Waals surface area contributed by atoms with Gasteiger partial charge in [-0.25, -0.2) is 9.78 Å². The summed E-state index contributed by atoms with van der Waals surface area (Å²) in [4.78, 5) is 16.0. The number of carboxylic acid groups (broad SMARTS) is 1. The van der Waals surface area contributed by atoms with Gasteiger partial charge < -0.3 is 13.9 Å². The second-order valence-electron chi connectivity index (χ2n) is 6.02. The van der Waals surface area contributed by atoms with Crippen LogP contribution in [0.25, 0.3) is 28.5 Å². The van der Waals surface area contributed by atoms with Gasteiger partial charge in [0.25, 0.3) is 5.22 Å². The topological polar surface area (TPSA) is 76.5 Å². The number of thioether (sulfide) groups is 1. The van der Waals surface area contributed by atoms with Crippen LogP contribution in [-0.4, -0.2) is 16.1 Å². The zero-order valence-electron chi connectivity index (χ0n) is 14.7. The maximum atomic E-state index is 11.7. The number of hydrogen-bond donors (Lipinski definition) is 1. The first-order valence-corrected chi connectivity index (χ1v) is 9.54. The Morgan fingerprint density at radius 1 is 1.14 bits per heavy atom. The van der Waals surface area contributed by atoms with E-state index in [4.69, 9.17) is 20.4 Å². The van der Waals surface area contributed by atoms with Crippen LogP contribution >= 0.6 is 23.4 Å². The highest BCUT2D eigenvalue weighted by Gasteiger charge is 2.16. The van der Waals surface area contributed by atoms with Crippen LogP contribution in [0.3, 0.4) is 0 Å². The molecule has 1 N–H and O–H groups in total. The summed E-state index contributed by atoms with van der Waals surface area (Å²) in [6.45, 7) is 1.95. The number of oxazole rings is 1. The highest BCUT2D eigenvalue weighted by Crippen LogP contribution is 2.33. The molecule has 0 saturated heterocycles. The van der Waals surface area contributed by atoms with Crippen molar-refractivity contribution < 1.29 is 18.7 Å². The first kappa shape index (κ1) is 18.4. The van der Waals surface area contributed by atoms with Crippen molar-refractivity contribution in [3.63, 3.8) is 0 Å². The van der Waals surface area contributed by atoms with Crippen LogP contribution in [0.2, 0.25) is 5.02 Å². The molecule has 0 aliphatic rings. The molecule has 2 aromatic carbocycles. The Morgan fingerprint density at radius 2 is 1.96 bits per heavy atom. The third-order valence-electron chi connectivity index (χ3n) is 4.05. The standard InChI is InChI=1S/C21H14ClNO4S/c1-12-6-7-13(22)10-15(12)17-9-8-14(26-17)11-19(20(24)25)28-21-23-16-4-2-3-5-18(16)27-21/h2-11H,1H3,(H,24,25)/b19-11+. The lowest BCUT2D eigenvalue weighted by molar-refractivity contribution is -0.131. The predicted molar refractivity (Wildman–Crippen MR) is 109 cm³/mol. The van der Waals surface area contributed by atoms with E-state index in [-0.39, 0.29) is 10.1 Å². The quantitative estimate of drug-likeness (QED) is 0.308. The summed E-state index contributed by atoms with van der Waals surface area (Å²) in [5.74, 6) is -0.0672. The molecule has 4 rings (SSSR count). The number of aryl methyl sites for hydroxylation is 1. The Hall–Kier alpha value is -2.96. The van der Waals surface area contributed by atoms with Crippen molar-refractivity contribution in [1.29, 1.82) is 0 Å². The number of aliphatic carboxylic acids is 1. The van der Waals surface area contributed by atoms with Gasteiger partial charge in [0.05, 0.1) is 0 Å². The lowest BCUT2D eigenvalue weighted by Gasteiger charge is -2.03. The van der Waals surface area contributed by atoms with Gasteiger partial charge in [-0.3, -0.25) is 0 Å². The summed E-state index contributed by atoms with van der Waals surface area (Å²) in [6, 6.07) is 16.3. The summed E-state index contributed by atoms with van der Waals surface area (Å²) in [6.07, 6.45) is 1.45. The highest BCUT2D eigenvalue weighted by atomic mass is 35.5. The monoisotopic (exact) mass is 411 g/mol. The van der Waals surface area contributed by atoms with E-state index in [9.17, 15) is 9.90 Å². The smallest absolute Gasteiger partial charge is 0.342 e. The first-order valence-electron chi connectivity index (χ1n) is 8.34. The van der Waals surface area contributed by atoms with Crippen LogP contribution in [0.4, 0.5) is 0 Å². The number of furan rings is 1. The highest BCUT2D eigenvalue weighted by molar-refractivity contribution is 8.03. The van der Waals surface area contributed by atoms with E-state index in [1.807, 2.05) is 37.3 Å². The van der Waals surface area contributed by atoms with E-state index in [0.717, 1.165) is 22.9 Å². The first-order chi connectivity index (χ1) is 13.5. The molecule has 2 heterocycles. The van der Waals surface area contributed by atoms with Gasteiger partial charge in [-0.2, -0.15) is 0 Å². The molecule has 0 atom stereocenters. The molecule has 0 fully saturated rings. The molecule has 0 aliphatic heterocycles. The summed E-state index contributed by atoms with van der Waals surface area (Å²) in [5.41, 5.74) is 3.14. The molecule has 0 aliphatic carbocycles. The number of carboxylic acids is 1. The van der Waals surface area contributed by atoms with E-state index in [2.05, 4.69) is 4.98 Å². The lowest BCUT2D eigenvalue weighted by atomic mass is 10.1. The molecule has 2 aromatic heterocycles. The van der Waals surface area contributed by atoms with Gasteiger partial charge in [-0.1, -0.05) is 29.8 Å². The van der Waals surface area contributed by atoms with Crippen molar-refractivity contribution in [2.24, 2.45) is 0 Å². The van der Waals surface area contributed by atoms with Gasteiger partial charge in [-0.05, 0) is 60.6 Å². The second kappa shape index (κ2) is 7.58. The van der Waals surface area contributed by atoms with E-state index < -0.39 is 5.97 Å². The number of nitrogens with zero attached hydrogens (tertiary/aromatic N) is 1. The van der Waals surface area contributed by atoms with Crippen LogP contribution in [-0.2, 0) is 4.79 Å². The Balaban J connectivity index is 1.64. The van der Waals surface area contributed by atoms with Crippen LogP contribution < -0.4 is 0 Å². The number of carbonyl (C=O) groups is 1. The predicted octanol–water partition coefficient (Wildman–Crippen LogP) is 6.27. The van der Waals surface area contributed by atoms with Gasteiger partial charge in [0, 0.05) is 16.7 Å². The Kier molecular flexibility index (Phi) is 4.98. The van der Waals surface area contributed by atoms with Gasteiger partial charge in [0.1, 0.15) is 21.9 Å². The maximum Gasteiger partial charge on any atom is 0.342 e. The van der Waals surface area contributed by atoms with E-state index in [1.165, 1.54) is 6.08 Å². The van der Waals surface area contributed by atoms with Crippen LogP contribution in [0.1, 0.15) is 11.3 Å². The zero-order chi connectivity index (χ0) is 19.7. The summed E-state index contributed by atoms with van der Waals surface area (Å²) >= 11 is 7.00. The van der Waals surface area contributed by atoms with Gasteiger partial charge >= 0.3 is 5.97 Å². The molecule has 0 saturated carbocycles. The lowest BCUT2D eigenvalue weighted by Crippen LogP contribution is -1.96. The Morgan fingerprint density at radius 3 is 2.75 bits per heavy atom. The van der Waals surface area contributed by atoms with Gasteiger partial charge in [-0.15, -0.1) is 0 Å². The number of aromatic nitrogens is 1. The van der Waals surface area contributed by atoms with E-state index in [1.54, 1.807) is 24.3 Å². The fourth-order valence-corrected chi connectivity index (χ4v) is 3.59. The number of benzene rings is 2. The molecule has 5 nitrogen and oxygen atoms in total. The molecule has 28 heavy (non-hydrogen) atoms. The molecule has 0 amide bonds. The fraction of sp³-hybridized carbons (Fsp3) is 0.0476. The maximum absolute atomic E-state index is 11.7. The number of para-hydroxylation sites is 2. The molecular formula is C21H14ClNO4S. The molecule has 4 aromatic rings. The average Bonchev–Trinajstić information content (AvgIpc) is 3.29. The Bertz CT molecular complexity index is 1180. The van der Waals surface area contributed by atoms with Crippen LogP contribution in [0.15, 0.2) is 73.6 Å². The summed E-state index contributed by atoms with van der Waals surface area (Å²) in [5, 5.41) is 10.4. The van der Waals surface area contributed by atoms with Crippen molar-refractivity contribution in [3.8, 4) is 11.3 Å². The largest absolute Gasteiger partial charge is 0.477 e. The second-order valence-corrected chi connectivity index (χ2v) is 7.45. The number of rotatable bonds is 5. The zero-order valence-corrected chi connectivity index (χ0v) is 16.3. The molecule has 0 radical (unpaired) electrons. The minimum atomic E-state index is -1.09. The third kappa shape index (κ3) is 3.83. The summed E-state index contributed by atoms with van der Waals surface area (Å²) in [7, 11) is 0. The molecule has 0 bridgehead atoms. The van der Waals surface area contributed by atoms with Crippen molar-refractivity contribution in [3.05, 3.63) is 75.8 Å². The third-order valence-corrected chi connectivity index (χ3v) is 5.14. The molecule has 0 unspecified atom stereocenters. The van der Waals surface area contributed by atoms with Crippen molar-refractivity contribution >= 4 is 46.5 Å². The minimum absolute atomic E-state index is 0.0373. The molecule has 7 heteroatoms. The molecule has 140 valence electrons. The van der Waals surface area contributed by atoms with Crippen molar-refractivity contribution in [1.82, 2.24) is 4.98 Å². The number of hydrogen-bond acceptors (Lipinski definition) is 5. The van der Waals surface area contributed by atoms with E-state index in [0.29, 0.717) is 27.6 Å². The summed E-state index contributed by atoms with van der Waals surface area (Å²) < 4.78 is 11.4. The van der Waals surface area contributed by atoms with E-state index >= 15 is 0 Å². The minimum Gasteiger partial charge on any atom is -0.477 e. The van der Waals surface area contributed by atoms with Crippen molar-refractivity contribution in [2.45, 2.75) is 12.1 Å². The van der Waals surface area contributed by atoms with Gasteiger partial charge in [0.2, 0.25) is 0 Å². The Labute approximate surface area is 169 Å². The number of halogens is 1. The van der Waals surface area contributed by atoms with Crippen LogP contribution in [0, 0.1) is 6.92 Å². The van der Waals surface area contributed by atoms with Crippen molar-refractivity contribution in [2.75, 3.05) is 0 Å². The fourth-order valence-electron chi connectivity index (χ4n) is 2.69.